The molecule has 1 heterocycles. The highest BCUT2D eigenvalue weighted by Crippen LogP contribution is 2.25. The second kappa shape index (κ2) is 9.18. The van der Waals surface area contributed by atoms with Gasteiger partial charge in [-0.3, -0.25) is 19.6 Å². The SMILES string of the molecule is COc1ccc(C=NNC(=O)c2cc3ccccc3cc2O)cc1Cn1cc([N+](=O)[O-])cn1. The number of nitrogens with zero attached hydrogens (tertiary/aromatic N) is 4. The van der Waals surface area contributed by atoms with E-state index in [4.69, 9.17) is 4.74 Å². The molecule has 0 saturated heterocycles. The largest absolute Gasteiger partial charge is 0.507 e. The number of fused-ring (bicyclic) bond motifs is 1. The first-order valence-electron chi connectivity index (χ1n) is 9.83. The van der Waals surface area contributed by atoms with Gasteiger partial charge in [-0.25, -0.2) is 5.43 Å². The van der Waals surface area contributed by atoms with Gasteiger partial charge in [0.1, 0.15) is 23.9 Å². The van der Waals surface area contributed by atoms with Crippen molar-refractivity contribution in [3.05, 3.63) is 93.8 Å². The fourth-order valence-corrected chi connectivity index (χ4v) is 3.35. The van der Waals surface area contributed by atoms with Crippen LogP contribution >= 0.6 is 0 Å². The molecule has 0 saturated carbocycles. The minimum absolute atomic E-state index is 0.105. The first kappa shape index (κ1) is 21.5. The number of aromatic hydroxyl groups is 1. The lowest BCUT2D eigenvalue weighted by molar-refractivity contribution is -0.385. The van der Waals surface area contributed by atoms with E-state index in [2.05, 4.69) is 15.6 Å². The molecule has 1 aromatic heterocycles. The van der Waals surface area contributed by atoms with E-state index in [0.717, 1.165) is 16.3 Å². The summed E-state index contributed by atoms with van der Waals surface area (Å²) in [5, 5.41) is 30.7. The van der Waals surface area contributed by atoms with Gasteiger partial charge in [-0.05, 0) is 46.7 Å². The molecule has 0 spiro atoms. The highest BCUT2D eigenvalue weighted by atomic mass is 16.6. The highest BCUT2D eigenvalue weighted by Gasteiger charge is 2.13. The number of benzene rings is 3. The average molecular weight is 445 g/mol. The number of amides is 1. The molecule has 0 aliphatic heterocycles. The Balaban J connectivity index is 1.50. The van der Waals surface area contributed by atoms with Crippen LogP contribution < -0.4 is 10.2 Å². The second-order valence-corrected chi connectivity index (χ2v) is 7.14. The molecule has 2 N–H and O–H groups in total. The van der Waals surface area contributed by atoms with Crippen LogP contribution in [0.5, 0.6) is 11.5 Å². The molecule has 10 nitrogen and oxygen atoms in total. The van der Waals surface area contributed by atoms with Crippen LogP contribution in [0, 0.1) is 10.1 Å². The molecule has 166 valence electrons. The van der Waals surface area contributed by atoms with Crippen molar-refractivity contribution in [3.63, 3.8) is 0 Å². The van der Waals surface area contributed by atoms with E-state index in [1.54, 1.807) is 24.3 Å². The van der Waals surface area contributed by atoms with Crippen molar-refractivity contribution in [1.82, 2.24) is 15.2 Å². The molecule has 0 aliphatic carbocycles. The monoisotopic (exact) mass is 445 g/mol. The third-order valence-corrected chi connectivity index (χ3v) is 4.96. The van der Waals surface area contributed by atoms with Gasteiger partial charge in [-0.1, -0.05) is 24.3 Å². The van der Waals surface area contributed by atoms with Crippen molar-refractivity contribution in [2.75, 3.05) is 7.11 Å². The predicted octanol–water partition coefficient (Wildman–Crippen LogP) is 3.47. The number of nitrogens with one attached hydrogen (secondary N) is 1. The number of hydrazone groups is 1. The summed E-state index contributed by atoms with van der Waals surface area (Å²) in [7, 11) is 1.52. The summed E-state index contributed by atoms with van der Waals surface area (Å²) < 4.78 is 6.79. The molecule has 10 heteroatoms. The van der Waals surface area contributed by atoms with Crippen LogP contribution in [0.1, 0.15) is 21.5 Å². The number of methoxy groups -OCH3 is 1. The van der Waals surface area contributed by atoms with Gasteiger partial charge in [-0.2, -0.15) is 10.2 Å². The number of aromatic nitrogens is 2. The lowest BCUT2D eigenvalue weighted by Crippen LogP contribution is -2.17. The summed E-state index contributed by atoms with van der Waals surface area (Å²) >= 11 is 0. The van der Waals surface area contributed by atoms with E-state index in [1.807, 2.05) is 24.3 Å². The van der Waals surface area contributed by atoms with Gasteiger partial charge < -0.3 is 9.84 Å². The molecule has 0 aliphatic rings. The molecule has 0 bridgehead atoms. The molecular weight excluding hydrogens is 426 g/mol. The zero-order valence-electron chi connectivity index (χ0n) is 17.5. The first-order valence-corrected chi connectivity index (χ1v) is 9.83. The number of phenolic OH excluding ortho intramolecular Hbond substituents is 1. The molecule has 1 amide bonds. The van der Waals surface area contributed by atoms with Gasteiger partial charge in [0.05, 0.1) is 30.4 Å². The Morgan fingerprint density at radius 2 is 2.00 bits per heavy atom. The number of hydrogen-bond donors (Lipinski definition) is 2. The quantitative estimate of drug-likeness (QED) is 0.254. The van der Waals surface area contributed by atoms with Crippen LogP contribution in [0.2, 0.25) is 0 Å². The lowest BCUT2D eigenvalue weighted by Gasteiger charge is -2.09. The molecule has 0 fully saturated rings. The highest BCUT2D eigenvalue weighted by molar-refractivity contribution is 6.01. The van der Waals surface area contributed by atoms with Gasteiger partial charge in [0, 0.05) is 5.56 Å². The third-order valence-electron chi connectivity index (χ3n) is 4.96. The minimum Gasteiger partial charge on any atom is -0.507 e. The summed E-state index contributed by atoms with van der Waals surface area (Å²) in [6.45, 7) is 0.246. The van der Waals surface area contributed by atoms with Crippen molar-refractivity contribution >= 4 is 28.6 Å². The number of hydrogen-bond acceptors (Lipinski definition) is 7. The Kier molecular flexibility index (Phi) is 5.98. The van der Waals surface area contributed by atoms with Gasteiger partial charge in [0.25, 0.3) is 5.91 Å². The standard InChI is InChI=1S/C23H19N5O5/c1-33-22-7-6-15(8-18(22)13-27-14-19(12-25-27)28(31)32)11-24-26-23(30)20-9-16-4-2-3-5-17(16)10-21(20)29/h2-12,14,29H,13H2,1H3,(H,26,30). The van der Waals surface area contributed by atoms with E-state index in [1.165, 1.54) is 36.5 Å². The van der Waals surface area contributed by atoms with Gasteiger partial charge in [-0.15, -0.1) is 0 Å². The van der Waals surface area contributed by atoms with E-state index >= 15 is 0 Å². The first-order chi connectivity index (χ1) is 15.9. The van der Waals surface area contributed by atoms with Gasteiger partial charge >= 0.3 is 5.69 Å². The van der Waals surface area contributed by atoms with E-state index in [0.29, 0.717) is 11.3 Å². The Morgan fingerprint density at radius 3 is 2.70 bits per heavy atom. The lowest BCUT2D eigenvalue weighted by atomic mass is 10.1. The van der Waals surface area contributed by atoms with Crippen LogP contribution in [0.15, 0.2) is 72.1 Å². The Hall–Kier alpha value is -4.73. The maximum absolute atomic E-state index is 12.5. The number of ether oxygens (including phenoxy) is 1. The van der Waals surface area contributed by atoms with Crippen molar-refractivity contribution in [2.45, 2.75) is 6.54 Å². The molecule has 4 rings (SSSR count). The van der Waals surface area contributed by atoms with E-state index in [-0.39, 0.29) is 23.5 Å². The molecule has 33 heavy (non-hydrogen) atoms. The summed E-state index contributed by atoms with van der Waals surface area (Å²) in [4.78, 5) is 22.8. The van der Waals surface area contributed by atoms with Crippen molar-refractivity contribution in [2.24, 2.45) is 5.10 Å². The number of rotatable bonds is 7. The van der Waals surface area contributed by atoms with Gasteiger partial charge in [0.2, 0.25) is 0 Å². The van der Waals surface area contributed by atoms with Crippen LogP contribution in [0.3, 0.4) is 0 Å². The normalized spacial score (nSPS) is 11.1. The zero-order valence-corrected chi connectivity index (χ0v) is 17.5. The predicted molar refractivity (Wildman–Crippen MR) is 122 cm³/mol. The van der Waals surface area contributed by atoms with Crippen molar-refractivity contribution in [1.29, 1.82) is 0 Å². The molecule has 3 aromatic carbocycles. The summed E-state index contributed by atoms with van der Waals surface area (Å²) in [6.07, 6.45) is 3.95. The molecule has 4 aromatic rings. The van der Waals surface area contributed by atoms with Crippen LogP contribution in [-0.4, -0.2) is 39.0 Å². The fourth-order valence-electron chi connectivity index (χ4n) is 3.35. The van der Waals surface area contributed by atoms with E-state index in [9.17, 15) is 20.0 Å². The van der Waals surface area contributed by atoms with Crippen LogP contribution in [0.25, 0.3) is 10.8 Å². The minimum atomic E-state index is -0.549. The average Bonchev–Trinajstić information content (AvgIpc) is 3.27. The number of phenols is 1. The molecular formula is C23H19N5O5. The Bertz CT molecular complexity index is 1380. The van der Waals surface area contributed by atoms with Crippen molar-refractivity contribution < 1.29 is 19.6 Å². The number of carbonyl (C=O) groups is 1. The van der Waals surface area contributed by atoms with E-state index < -0.39 is 10.8 Å². The topological polar surface area (TPSA) is 132 Å². The summed E-state index contributed by atoms with van der Waals surface area (Å²) in [5.74, 6) is -0.107. The Labute approximate surface area is 187 Å². The fraction of sp³-hybridized carbons (Fsp3) is 0.0870. The van der Waals surface area contributed by atoms with Crippen LogP contribution in [-0.2, 0) is 6.54 Å². The molecule has 0 radical (unpaired) electrons. The smallest absolute Gasteiger partial charge is 0.307 e. The Morgan fingerprint density at radius 1 is 1.24 bits per heavy atom. The third kappa shape index (κ3) is 4.79. The summed E-state index contributed by atoms with van der Waals surface area (Å²) in [6, 6.07) is 15.8. The van der Waals surface area contributed by atoms with Crippen LogP contribution in [0.4, 0.5) is 5.69 Å². The summed E-state index contributed by atoms with van der Waals surface area (Å²) in [5.41, 5.74) is 3.80. The maximum atomic E-state index is 12.5. The molecule has 0 unspecified atom stereocenters. The maximum Gasteiger partial charge on any atom is 0.307 e. The molecule has 0 atom stereocenters. The number of carbonyl (C=O) groups excluding carboxylic acids is 1. The second-order valence-electron chi connectivity index (χ2n) is 7.14. The zero-order chi connectivity index (χ0) is 23.4. The number of nitro groups is 1. The van der Waals surface area contributed by atoms with Gasteiger partial charge in [0.15, 0.2) is 0 Å². The van der Waals surface area contributed by atoms with Crippen molar-refractivity contribution in [3.8, 4) is 11.5 Å².